The molecular weight excluding hydrogens is 464 g/mol. The number of carboxylic acid groups (broad SMARTS) is 1. The van der Waals surface area contributed by atoms with Crippen LogP contribution in [0, 0.1) is 5.41 Å². The summed E-state index contributed by atoms with van der Waals surface area (Å²) in [6, 6.07) is 15.1. The summed E-state index contributed by atoms with van der Waals surface area (Å²) in [6.45, 7) is 0.319. The maximum absolute atomic E-state index is 13.0. The number of guanidine groups is 1. The predicted molar refractivity (Wildman–Crippen MR) is 135 cm³/mol. The van der Waals surface area contributed by atoms with Crippen LogP contribution in [0.15, 0.2) is 54.6 Å². The summed E-state index contributed by atoms with van der Waals surface area (Å²) >= 11 is 0. The highest BCUT2D eigenvalue weighted by atomic mass is 16.4. The molecule has 2 aromatic carbocycles. The van der Waals surface area contributed by atoms with E-state index in [0.717, 1.165) is 16.7 Å². The zero-order valence-electron chi connectivity index (χ0n) is 19.8. The van der Waals surface area contributed by atoms with E-state index in [9.17, 15) is 19.2 Å². The minimum atomic E-state index is -1.19. The first kappa shape index (κ1) is 27.8. The molecule has 2 atom stereocenters. The number of benzene rings is 2. The summed E-state index contributed by atoms with van der Waals surface area (Å²) in [7, 11) is 0. The first-order chi connectivity index (χ1) is 17.2. The number of carbonyl (C=O) groups excluding carboxylic acids is 3. The monoisotopic (exact) mass is 496 g/mol. The highest BCUT2D eigenvalue weighted by Gasteiger charge is 2.26. The van der Waals surface area contributed by atoms with Crippen LogP contribution in [0.2, 0.25) is 0 Å². The van der Waals surface area contributed by atoms with Crippen LogP contribution < -0.4 is 27.4 Å². The Bertz CT molecular complexity index is 1060. The molecule has 0 fully saturated rings. The summed E-state index contributed by atoms with van der Waals surface area (Å²) in [6.07, 6.45) is 0.0840. The molecule has 0 unspecified atom stereocenters. The smallest absolute Gasteiger partial charge is 0.303 e. The molecule has 0 aromatic heterocycles. The molecule has 0 heterocycles. The van der Waals surface area contributed by atoms with E-state index in [1.807, 2.05) is 54.6 Å². The Morgan fingerprint density at radius 2 is 1.50 bits per heavy atom. The quantitative estimate of drug-likeness (QED) is 0.112. The number of hydrogen-bond acceptors (Lipinski definition) is 5. The van der Waals surface area contributed by atoms with Gasteiger partial charge < -0.3 is 32.5 Å². The Labute approximate surface area is 209 Å². The second kappa shape index (κ2) is 14.1. The second-order valence-electron chi connectivity index (χ2n) is 8.23. The van der Waals surface area contributed by atoms with Gasteiger partial charge in [0.05, 0.1) is 0 Å². The summed E-state index contributed by atoms with van der Waals surface area (Å²) < 4.78 is 0. The van der Waals surface area contributed by atoms with Crippen LogP contribution >= 0.6 is 0 Å². The summed E-state index contributed by atoms with van der Waals surface area (Å²) in [5.41, 5.74) is 13.4. The van der Waals surface area contributed by atoms with Gasteiger partial charge in [-0.1, -0.05) is 54.6 Å². The molecular formula is C25H32N6O5. The van der Waals surface area contributed by atoms with Crippen molar-refractivity contribution >= 4 is 29.7 Å². The Hall–Kier alpha value is -4.41. The van der Waals surface area contributed by atoms with Crippen molar-refractivity contribution in [3.8, 4) is 11.1 Å². The number of aliphatic carboxylic acids is 1. The van der Waals surface area contributed by atoms with Crippen molar-refractivity contribution in [2.75, 3.05) is 6.54 Å². The number of nitrogens with two attached hydrogens (primary N) is 2. The molecule has 0 radical (unpaired) electrons. The SMILES string of the molecule is N=C(N)NCCCC(=O)N[C@@H](Cc1ccc(-c2ccccc2)cc1)C(=O)N[C@@H](CCC(=O)O)C(N)=O. The van der Waals surface area contributed by atoms with E-state index in [4.69, 9.17) is 22.0 Å². The number of carboxylic acids is 1. The lowest BCUT2D eigenvalue weighted by molar-refractivity contribution is -0.137. The van der Waals surface area contributed by atoms with Crippen molar-refractivity contribution in [1.82, 2.24) is 16.0 Å². The fourth-order valence-corrected chi connectivity index (χ4v) is 3.47. The van der Waals surface area contributed by atoms with Gasteiger partial charge in [-0.3, -0.25) is 24.6 Å². The Morgan fingerprint density at radius 3 is 2.08 bits per heavy atom. The molecule has 0 aliphatic carbocycles. The van der Waals surface area contributed by atoms with Gasteiger partial charge in [-0.2, -0.15) is 0 Å². The molecule has 11 nitrogen and oxygen atoms in total. The highest BCUT2D eigenvalue weighted by molar-refractivity contribution is 5.92. The van der Waals surface area contributed by atoms with E-state index < -0.39 is 35.8 Å². The molecule has 36 heavy (non-hydrogen) atoms. The molecule has 0 saturated carbocycles. The molecule has 0 spiro atoms. The lowest BCUT2D eigenvalue weighted by Crippen LogP contribution is -2.53. The van der Waals surface area contributed by atoms with Crippen molar-refractivity contribution in [3.63, 3.8) is 0 Å². The average Bonchev–Trinajstić information content (AvgIpc) is 2.84. The third-order valence-electron chi connectivity index (χ3n) is 5.36. The molecule has 2 aromatic rings. The predicted octanol–water partition coefficient (Wildman–Crippen LogP) is 0.479. The highest BCUT2D eigenvalue weighted by Crippen LogP contribution is 2.20. The number of carbonyl (C=O) groups is 4. The zero-order chi connectivity index (χ0) is 26.5. The second-order valence-corrected chi connectivity index (χ2v) is 8.23. The van der Waals surface area contributed by atoms with Crippen LogP contribution in [0.25, 0.3) is 11.1 Å². The third-order valence-corrected chi connectivity index (χ3v) is 5.36. The zero-order valence-corrected chi connectivity index (χ0v) is 19.8. The molecule has 0 saturated heterocycles. The third kappa shape index (κ3) is 9.84. The number of hydrogen-bond donors (Lipinski definition) is 7. The van der Waals surface area contributed by atoms with Crippen LogP contribution in [0.4, 0.5) is 0 Å². The summed E-state index contributed by atoms with van der Waals surface area (Å²) in [4.78, 5) is 48.1. The summed E-state index contributed by atoms with van der Waals surface area (Å²) in [5, 5.41) is 23.8. The van der Waals surface area contributed by atoms with Gasteiger partial charge in [0.15, 0.2) is 5.96 Å². The van der Waals surface area contributed by atoms with Gasteiger partial charge in [0.2, 0.25) is 17.7 Å². The molecule has 2 rings (SSSR count). The minimum Gasteiger partial charge on any atom is -0.481 e. The van der Waals surface area contributed by atoms with Crippen LogP contribution in [-0.2, 0) is 25.6 Å². The van der Waals surface area contributed by atoms with E-state index in [2.05, 4.69) is 16.0 Å². The van der Waals surface area contributed by atoms with Gasteiger partial charge in [0.1, 0.15) is 12.1 Å². The van der Waals surface area contributed by atoms with E-state index in [1.54, 1.807) is 0 Å². The van der Waals surface area contributed by atoms with Gasteiger partial charge in [-0.15, -0.1) is 0 Å². The van der Waals surface area contributed by atoms with Crippen molar-refractivity contribution < 1.29 is 24.3 Å². The van der Waals surface area contributed by atoms with E-state index >= 15 is 0 Å². The molecule has 9 N–H and O–H groups in total. The Kier molecular flexibility index (Phi) is 10.9. The number of rotatable bonds is 14. The maximum Gasteiger partial charge on any atom is 0.303 e. The van der Waals surface area contributed by atoms with E-state index in [0.29, 0.717) is 13.0 Å². The number of primary amides is 1. The van der Waals surface area contributed by atoms with Crippen LogP contribution in [-0.4, -0.2) is 53.4 Å². The Balaban J connectivity index is 2.12. The number of nitrogens with one attached hydrogen (secondary N) is 4. The van der Waals surface area contributed by atoms with E-state index in [1.165, 1.54) is 0 Å². The van der Waals surface area contributed by atoms with Crippen molar-refractivity contribution in [1.29, 1.82) is 5.41 Å². The summed E-state index contributed by atoms with van der Waals surface area (Å²) in [5.74, 6) is -3.24. The normalized spacial score (nSPS) is 12.1. The molecule has 11 heteroatoms. The fraction of sp³-hybridized carbons (Fsp3) is 0.320. The van der Waals surface area contributed by atoms with Gasteiger partial charge in [0.25, 0.3) is 0 Å². The van der Waals surface area contributed by atoms with E-state index in [-0.39, 0.29) is 31.6 Å². The van der Waals surface area contributed by atoms with Crippen molar-refractivity contribution in [3.05, 3.63) is 60.2 Å². The van der Waals surface area contributed by atoms with Crippen molar-refractivity contribution in [2.45, 2.75) is 44.2 Å². The van der Waals surface area contributed by atoms with Crippen LogP contribution in [0.5, 0.6) is 0 Å². The first-order valence-corrected chi connectivity index (χ1v) is 11.5. The topological polar surface area (TPSA) is 200 Å². The molecule has 192 valence electrons. The van der Waals surface area contributed by atoms with Gasteiger partial charge >= 0.3 is 5.97 Å². The molecule has 0 aliphatic rings. The van der Waals surface area contributed by atoms with Crippen LogP contribution in [0.3, 0.4) is 0 Å². The Morgan fingerprint density at radius 1 is 0.861 bits per heavy atom. The molecule has 3 amide bonds. The largest absolute Gasteiger partial charge is 0.481 e. The fourth-order valence-electron chi connectivity index (χ4n) is 3.47. The first-order valence-electron chi connectivity index (χ1n) is 11.5. The minimum absolute atomic E-state index is 0.0786. The lowest BCUT2D eigenvalue weighted by atomic mass is 9.99. The van der Waals surface area contributed by atoms with Gasteiger partial charge in [-0.25, -0.2) is 0 Å². The van der Waals surface area contributed by atoms with Crippen LogP contribution in [0.1, 0.15) is 31.2 Å². The molecule has 0 aliphatic heterocycles. The maximum atomic E-state index is 13.0. The number of amides is 3. The standard InChI is InChI=1S/C25H32N6O5/c26-23(35)19(12-13-22(33)34)31-24(36)20(30-21(32)7-4-14-29-25(27)28)15-16-8-10-18(11-9-16)17-5-2-1-3-6-17/h1-3,5-6,8-11,19-20H,4,7,12-15H2,(H2,26,35)(H,30,32)(H,31,36)(H,33,34)(H4,27,28,29)/t19-,20-/m0/s1. The van der Waals surface area contributed by atoms with Gasteiger partial charge in [0, 0.05) is 25.8 Å². The van der Waals surface area contributed by atoms with Gasteiger partial charge in [-0.05, 0) is 29.5 Å². The lowest BCUT2D eigenvalue weighted by Gasteiger charge is -2.22. The molecule has 0 bridgehead atoms. The van der Waals surface area contributed by atoms with Crippen molar-refractivity contribution in [2.24, 2.45) is 11.5 Å². The average molecular weight is 497 g/mol.